The Bertz CT molecular complexity index is 1320. The lowest BCUT2D eigenvalue weighted by Gasteiger charge is -2.38. The summed E-state index contributed by atoms with van der Waals surface area (Å²) in [6.07, 6.45) is 5.23. The average molecular weight is 584 g/mol. The molecule has 0 radical (unpaired) electrons. The number of carbonyl (C=O) groups is 3. The minimum atomic E-state index is -2.03. The van der Waals surface area contributed by atoms with E-state index in [1.165, 1.54) is 4.90 Å². The topological polar surface area (TPSA) is 122 Å². The zero-order chi connectivity index (χ0) is 30.2. The van der Waals surface area contributed by atoms with Gasteiger partial charge in [0.2, 0.25) is 5.91 Å². The highest BCUT2D eigenvalue weighted by Crippen LogP contribution is 2.34. The Morgan fingerprint density at radius 1 is 0.837 bits per heavy atom. The summed E-state index contributed by atoms with van der Waals surface area (Å²) in [4.78, 5) is 42.9. The molecule has 5 rings (SSSR count). The highest BCUT2D eigenvalue weighted by atomic mass is 16.5. The molecule has 1 aliphatic heterocycles. The van der Waals surface area contributed by atoms with Crippen LogP contribution in [0.4, 0.5) is 0 Å². The molecule has 0 aromatic heterocycles. The van der Waals surface area contributed by atoms with Gasteiger partial charge in [-0.3, -0.25) is 15.3 Å². The van der Waals surface area contributed by atoms with Crippen LogP contribution in [0.25, 0.3) is 0 Å². The first kappa shape index (κ1) is 30.4. The van der Waals surface area contributed by atoms with Gasteiger partial charge < -0.3 is 20.1 Å². The van der Waals surface area contributed by atoms with E-state index in [9.17, 15) is 19.5 Å². The van der Waals surface area contributed by atoms with Crippen LogP contribution in [0.2, 0.25) is 0 Å². The molecule has 0 bridgehead atoms. The van der Waals surface area contributed by atoms with Crippen molar-refractivity contribution in [3.63, 3.8) is 0 Å². The second-order valence-electron chi connectivity index (χ2n) is 11.7. The van der Waals surface area contributed by atoms with Crippen LogP contribution in [0.1, 0.15) is 67.6 Å². The number of nitrogens with one attached hydrogen (secondary N) is 1. The molecule has 8 heteroatoms. The van der Waals surface area contributed by atoms with Gasteiger partial charge in [0.25, 0.3) is 5.91 Å². The number of aliphatic hydroxyl groups is 1. The average Bonchev–Trinajstić information content (AvgIpc) is 3.55. The van der Waals surface area contributed by atoms with Crippen LogP contribution in [0.5, 0.6) is 0 Å². The summed E-state index contributed by atoms with van der Waals surface area (Å²) in [6.45, 7) is 0.366. The Hall–Kier alpha value is -4.01. The fraction of sp³-hybridized carbons (Fsp3) is 0.400. The van der Waals surface area contributed by atoms with Crippen LogP contribution in [0.3, 0.4) is 0 Å². The molecule has 3 aromatic rings. The molecular formula is C35H41N3O5. The first-order valence-electron chi connectivity index (χ1n) is 15.3. The third-order valence-electron chi connectivity index (χ3n) is 8.81. The number of esters is 1. The molecule has 3 atom stereocenters. The maximum atomic E-state index is 14.0. The van der Waals surface area contributed by atoms with Gasteiger partial charge in [-0.25, -0.2) is 4.79 Å². The number of amides is 2. The molecule has 1 aliphatic carbocycles. The van der Waals surface area contributed by atoms with Gasteiger partial charge in [0.15, 0.2) is 5.72 Å². The maximum absolute atomic E-state index is 14.0. The van der Waals surface area contributed by atoms with Crippen LogP contribution < -0.4 is 11.1 Å². The van der Waals surface area contributed by atoms with E-state index in [1.807, 2.05) is 91.0 Å². The molecule has 43 heavy (non-hydrogen) atoms. The van der Waals surface area contributed by atoms with E-state index in [0.29, 0.717) is 32.2 Å². The lowest BCUT2D eigenvalue weighted by molar-refractivity contribution is -0.161. The molecule has 2 amide bonds. The Morgan fingerprint density at radius 2 is 1.40 bits per heavy atom. The van der Waals surface area contributed by atoms with Gasteiger partial charge in [-0.15, -0.1) is 0 Å². The Balaban J connectivity index is 1.42. The van der Waals surface area contributed by atoms with Crippen LogP contribution in [0.15, 0.2) is 91.0 Å². The molecule has 2 aliphatic rings. The minimum Gasteiger partial charge on any atom is -0.459 e. The summed E-state index contributed by atoms with van der Waals surface area (Å²) in [7, 11) is 0. The van der Waals surface area contributed by atoms with E-state index in [1.54, 1.807) is 0 Å². The molecular weight excluding hydrogens is 542 g/mol. The van der Waals surface area contributed by atoms with Crippen LogP contribution >= 0.6 is 0 Å². The van der Waals surface area contributed by atoms with Crippen molar-refractivity contribution < 1.29 is 24.2 Å². The molecule has 0 spiro atoms. The third-order valence-corrected chi connectivity index (χ3v) is 8.81. The zero-order valence-corrected chi connectivity index (χ0v) is 24.4. The number of carbonyl (C=O) groups excluding carboxylic acids is 3. The molecule has 1 unspecified atom stereocenters. The smallest absolute Gasteiger partial charge is 0.329 e. The Labute approximate surface area is 253 Å². The summed E-state index contributed by atoms with van der Waals surface area (Å²) >= 11 is 0. The van der Waals surface area contributed by atoms with Gasteiger partial charge >= 0.3 is 5.97 Å². The van der Waals surface area contributed by atoms with Crippen molar-refractivity contribution in [1.82, 2.24) is 10.2 Å². The first-order valence-corrected chi connectivity index (χ1v) is 15.3. The molecule has 1 saturated carbocycles. The van der Waals surface area contributed by atoms with Gasteiger partial charge in [0.05, 0.1) is 0 Å². The largest absolute Gasteiger partial charge is 0.459 e. The molecule has 3 aromatic carbocycles. The van der Waals surface area contributed by atoms with Crippen LogP contribution in [0, 0.1) is 5.92 Å². The third kappa shape index (κ3) is 7.14. The molecule has 1 heterocycles. The summed E-state index contributed by atoms with van der Waals surface area (Å²) < 4.78 is 5.79. The number of likely N-dealkylation sites (tertiary alicyclic amines) is 1. The van der Waals surface area contributed by atoms with Gasteiger partial charge in [-0.2, -0.15) is 0 Å². The number of nitrogens with zero attached hydrogens (tertiary/aromatic N) is 1. The second kappa shape index (κ2) is 14.0. The fourth-order valence-corrected chi connectivity index (χ4v) is 6.47. The molecule has 8 nitrogen and oxygen atoms in total. The van der Waals surface area contributed by atoms with E-state index in [2.05, 4.69) is 5.32 Å². The Kier molecular flexibility index (Phi) is 9.89. The molecule has 226 valence electrons. The van der Waals surface area contributed by atoms with Crippen molar-refractivity contribution in [2.45, 2.75) is 75.3 Å². The highest BCUT2D eigenvalue weighted by molar-refractivity contribution is 5.94. The molecule has 2 fully saturated rings. The number of benzene rings is 3. The Morgan fingerprint density at radius 3 is 1.98 bits per heavy atom. The van der Waals surface area contributed by atoms with E-state index in [4.69, 9.17) is 10.5 Å². The van der Waals surface area contributed by atoms with Crippen molar-refractivity contribution in [1.29, 1.82) is 0 Å². The van der Waals surface area contributed by atoms with Gasteiger partial charge in [-0.1, -0.05) is 110 Å². The van der Waals surface area contributed by atoms with Crippen molar-refractivity contribution in [3.8, 4) is 0 Å². The number of hydrogen-bond donors (Lipinski definition) is 3. The van der Waals surface area contributed by atoms with Gasteiger partial charge in [0, 0.05) is 18.4 Å². The second-order valence-corrected chi connectivity index (χ2v) is 11.7. The lowest BCUT2D eigenvalue weighted by Crippen LogP contribution is -2.63. The van der Waals surface area contributed by atoms with Gasteiger partial charge in [0.1, 0.15) is 18.7 Å². The van der Waals surface area contributed by atoms with Crippen molar-refractivity contribution in [3.05, 3.63) is 108 Å². The highest BCUT2D eigenvalue weighted by Gasteiger charge is 2.48. The number of rotatable bonds is 10. The SMILES string of the molecule is NC(O)(C(=O)N1CCC[C@H]1C(=O)N[C@H](C(=O)OCc1ccccc1)C(c1ccccc1)c1ccccc1)C1CCCCC1. The van der Waals surface area contributed by atoms with E-state index in [-0.39, 0.29) is 12.5 Å². The first-order chi connectivity index (χ1) is 20.9. The van der Waals surface area contributed by atoms with Crippen LogP contribution in [-0.2, 0) is 25.7 Å². The molecule has 1 saturated heterocycles. The summed E-state index contributed by atoms with van der Waals surface area (Å²) in [5.74, 6) is -2.57. The van der Waals surface area contributed by atoms with Gasteiger partial charge in [-0.05, 0) is 42.4 Å². The van der Waals surface area contributed by atoms with Crippen LogP contribution in [-0.4, -0.2) is 52.1 Å². The van der Waals surface area contributed by atoms with E-state index >= 15 is 0 Å². The zero-order valence-electron chi connectivity index (χ0n) is 24.4. The predicted octanol–water partition coefficient (Wildman–Crippen LogP) is 4.27. The fourth-order valence-electron chi connectivity index (χ4n) is 6.47. The summed E-state index contributed by atoms with van der Waals surface area (Å²) in [5.41, 5.74) is 6.75. The minimum absolute atomic E-state index is 0.0535. The summed E-state index contributed by atoms with van der Waals surface area (Å²) in [6, 6.07) is 26.5. The predicted molar refractivity (Wildman–Crippen MR) is 163 cm³/mol. The number of hydrogen-bond acceptors (Lipinski definition) is 6. The quantitative estimate of drug-likeness (QED) is 0.242. The maximum Gasteiger partial charge on any atom is 0.329 e. The van der Waals surface area contributed by atoms with E-state index in [0.717, 1.165) is 36.0 Å². The normalized spacial score (nSPS) is 19.4. The number of ether oxygens (including phenoxy) is 1. The van der Waals surface area contributed by atoms with Crippen molar-refractivity contribution in [2.24, 2.45) is 11.7 Å². The van der Waals surface area contributed by atoms with Crippen molar-refractivity contribution in [2.75, 3.05) is 6.54 Å². The molecule has 4 N–H and O–H groups in total. The van der Waals surface area contributed by atoms with Crippen molar-refractivity contribution >= 4 is 17.8 Å². The standard InChI is InChI=1S/C35H41N3O5/c36-35(42,28-20-11-4-12-21-28)34(41)38-23-13-22-29(38)32(39)37-31(33(40)43-24-25-14-5-1-6-15-25)30(26-16-7-2-8-17-26)27-18-9-3-10-19-27/h1-3,5-10,14-19,28-31,42H,4,11-13,20-24,36H2,(H,37,39)/t29-,31-,35?/m0/s1. The van der Waals surface area contributed by atoms with E-state index < -0.39 is 41.5 Å². The summed E-state index contributed by atoms with van der Waals surface area (Å²) in [5, 5.41) is 14.2. The number of nitrogens with two attached hydrogens (primary N) is 1. The lowest BCUT2D eigenvalue weighted by atomic mass is 9.81. The monoisotopic (exact) mass is 583 g/mol.